The van der Waals surface area contributed by atoms with Gasteiger partial charge < -0.3 is 27.6 Å². The number of hydrogen-bond acceptors (Lipinski definition) is 5. The van der Waals surface area contributed by atoms with Crippen LogP contribution in [0, 0.1) is 0 Å². The maximum absolute atomic E-state index is 10.5. The van der Waals surface area contributed by atoms with Crippen molar-refractivity contribution >= 4 is 11.9 Å². The van der Waals surface area contributed by atoms with E-state index in [9.17, 15) is 9.59 Å². The molecule has 1 fully saturated rings. The molecule has 7 nitrogen and oxygen atoms in total. The minimum Gasteiger partial charge on any atom is -0.480 e. The van der Waals surface area contributed by atoms with Gasteiger partial charge in [0.15, 0.2) is 0 Å². The summed E-state index contributed by atoms with van der Waals surface area (Å²) in [5.74, 6) is -1.15. The second kappa shape index (κ2) is 10.7. The lowest BCUT2D eigenvalue weighted by Gasteiger charge is -2.19. The molecule has 1 saturated heterocycles. The molecule has 0 aromatic heterocycles. The van der Waals surface area contributed by atoms with Gasteiger partial charge in [-0.1, -0.05) is 12.8 Å². The zero-order chi connectivity index (χ0) is 14.7. The van der Waals surface area contributed by atoms with Crippen molar-refractivity contribution in [2.75, 3.05) is 13.1 Å². The van der Waals surface area contributed by atoms with Crippen LogP contribution in [0.15, 0.2) is 0 Å². The number of carbonyl (C=O) groups excluding carboxylic acids is 1. The molecule has 0 bridgehead atoms. The van der Waals surface area contributed by atoms with Crippen molar-refractivity contribution in [3.05, 3.63) is 0 Å². The fraction of sp³-hybridized carbons (Fsp3) is 0.833. The fourth-order valence-electron chi connectivity index (χ4n) is 1.73. The Morgan fingerprint density at radius 1 is 1.32 bits per heavy atom. The summed E-state index contributed by atoms with van der Waals surface area (Å²) in [5, 5.41) is 11.4. The Morgan fingerprint density at radius 2 is 2.00 bits per heavy atom. The van der Waals surface area contributed by atoms with Crippen molar-refractivity contribution < 1.29 is 14.7 Å². The van der Waals surface area contributed by atoms with Crippen LogP contribution in [0.2, 0.25) is 0 Å². The van der Waals surface area contributed by atoms with E-state index in [1.165, 1.54) is 6.42 Å². The van der Waals surface area contributed by atoms with Gasteiger partial charge in [-0.25, -0.2) is 0 Å². The third kappa shape index (κ3) is 9.40. The van der Waals surface area contributed by atoms with E-state index in [0.29, 0.717) is 13.0 Å². The lowest BCUT2D eigenvalue weighted by atomic mass is 10.1. The van der Waals surface area contributed by atoms with Crippen LogP contribution < -0.4 is 22.5 Å². The average molecular weight is 274 g/mol. The van der Waals surface area contributed by atoms with E-state index in [1.54, 1.807) is 0 Å². The molecule has 0 aromatic rings. The lowest BCUT2D eigenvalue weighted by Crippen LogP contribution is -2.44. The second-order valence-electron chi connectivity index (χ2n) is 4.63. The normalized spacial score (nSPS) is 20.0. The van der Waals surface area contributed by atoms with Crippen LogP contribution in [-0.2, 0) is 9.59 Å². The molecule has 7 heteroatoms. The number of rotatable bonds is 6. The van der Waals surface area contributed by atoms with Crippen LogP contribution in [0.1, 0.15) is 38.5 Å². The fourth-order valence-corrected chi connectivity index (χ4v) is 1.73. The highest BCUT2D eigenvalue weighted by molar-refractivity contribution is 5.79. The highest BCUT2D eigenvalue weighted by Gasteiger charge is 2.16. The van der Waals surface area contributed by atoms with Gasteiger partial charge in [-0.3, -0.25) is 9.59 Å². The van der Waals surface area contributed by atoms with E-state index < -0.39 is 12.0 Å². The lowest BCUT2D eigenvalue weighted by molar-refractivity contribution is -0.138. The summed E-state index contributed by atoms with van der Waals surface area (Å²) < 4.78 is 0. The van der Waals surface area contributed by atoms with Crippen LogP contribution in [-0.4, -0.2) is 42.2 Å². The largest absolute Gasteiger partial charge is 0.480 e. The summed E-state index contributed by atoms with van der Waals surface area (Å²) in [4.78, 5) is 20.7. The van der Waals surface area contributed by atoms with Crippen LogP contribution in [0.25, 0.3) is 0 Å². The van der Waals surface area contributed by atoms with E-state index in [2.05, 4.69) is 5.32 Å². The maximum Gasteiger partial charge on any atom is 0.320 e. The Bertz CT molecular complexity index is 268. The van der Waals surface area contributed by atoms with E-state index in [-0.39, 0.29) is 11.9 Å². The number of carbonyl (C=O) groups is 2. The minimum absolute atomic E-state index is 0.0567. The molecular weight excluding hydrogens is 248 g/mol. The highest BCUT2D eigenvalue weighted by Crippen LogP contribution is 2.05. The molecule has 0 radical (unpaired) electrons. The van der Waals surface area contributed by atoms with Gasteiger partial charge in [0, 0.05) is 0 Å². The minimum atomic E-state index is -0.933. The van der Waals surface area contributed by atoms with E-state index in [1.807, 2.05) is 0 Å². The Morgan fingerprint density at radius 3 is 2.37 bits per heavy atom. The predicted octanol–water partition coefficient (Wildman–Crippen LogP) is -0.859. The van der Waals surface area contributed by atoms with Crippen molar-refractivity contribution in [1.29, 1.82) is 0 Å². The summed E-state index contributed by atoms with van der Waals surface area (Å²) >= 11 is 0. The van der Waals surface area contributed by atoms with Gasteiger partial charge in [-0.2, -0.15) is 0 Å². The topological polar surface area (TPSA) is 144 Å². The quantitative estimate of drug-likeness (QED) is 0.399. The summed E-state index contributed by atoms with van der Waals surface area (Å²) in [5.41, 5.74) is 15.5. The summed E-state index contributed by atoms with van der Waals surface area (Å²) in [6, 6.07) is -0.773. The molecule has 1 aliphatic rings. The van der Waals surface area contributed by atoms with Gasteiger partial charge >= 0.3 is 5.97 Å². The van der Waals surface area contributed by atoms with Crippen molar-refractivity contribution in [3.8, 4) is 0 Å². The number of carboxylic acids is 1. The molecule has 0 saturated carbocycles. The summed E-state index contributed by atoms with van der Waals surface area (Å²) in [6.45, 7) is 1.54. The SMILES string of the molecule is NC(=O)C1CCCCN1.NCCCC[C@H](N)C(=O)O. The Kier molecular flexibility index (Phi) is 10.1. The third-order valence-corrected chi connectivity index (χ3v) is 2.94. The number of amides is 1. The second-order valence-corrected chi connectivity index (χ2v) is 4.63. The molecular formula is C12H26N4O3. The standard InChI is InChI=1S/C6H14N2O2.C6H12N2O/c7-4-2-1-3-5(8)6(9)10;7-6(9)5-3-1-2-4-8-5/h5H,1-4,7-8H2,(H,9,10);5,8H,1-4H2,(H2,7,9)/t5-;/m0./s1. The number of nitrogens with two attached hydrogens (primary N) is 3. The van der Waals surface area contributed by atoms with Gasteiger partial charge in [-0.05, 0) is 38.8 Å². The molecule has 19 heavy (non-hydrogen) atoms. The number of hydrogen-bond donors (Lipinski definition) is 5. The predicted molar refractivity (Wildman–Crippen MR) is 73.4 cm³/mol. The first-order chi connectivity index (χ1) is 8.99. The van der Waals surface area contributed by atoms with Crippen molar-refractivity contribution in [1.82, 2.24) is 5.32 Å². The number of aliphatic carboxylic acids is 1. The Balaban J connectivity index is 0.000000342. The average Bonchev–Trinajstić information content (AvgIpc) is 2.40. The maximum atomic E-state index is 10.5. The highest BCUT2D eigenvalue weighted by atomic mass is 16.4. The van der Waals surface area contributed by atoms with Gasteiger partial charge in [0.1, 0.15) is 6.04 Å². The van der Waals surface area contributed by atoms with Gasteiger partial charge in [-0.15, -0.1) is 0 Å². The first kappa shape index (κ1) is 17.8. The molecule has 1 aliphatic heterocycles. The van der Waals surface area contributed by atoms with E-state index in [0.717, 1.165) is 32.2 Å². The van der Waals surface area contributed by atoms with E-state index >= 15 is 0 Å². The first-order valence-corrected chi connectivity index (χ1v) is 6.70. The molecule has 1 amide bonds. The van der Waals surface area contributed by atoms with Crippen LogP contribution in [0.5, 0.6) is 0 Å². The molecule has 1 heterocycles. The number of nitrogens with one attached hydrogen (secondary N) is 1. The summed E-state index contributed by atoms with van der Waals surface area (Å²) in [6.07, 6.45) is 5.37. The number of unbranched alkanes of at least 4 members (excludes halogenated alkanes) is 1. The van der Waals surface area contributed by atoms with Crippen molar-refractivity contribution in [2.24, 2.45) is 17.2 Å². The molecule has 1 unspecified atom stereocenters. The smallest absolute Gasteiger partial charge is 0.320 e. The van der Waals surface area contributed by atoms with Gasteiger partial charge in [0.25, 0.3) is 0 Å². The molecule has 2 atom stereocenters. The summed E-state index contributed by atoms with van der Waals surface area (Å²) in [7, 11) is 0. The number of piperidine rings is 1. The van der Waals surface area contributed by atoms with Crippen molar-refractivity contribution in [2.45, 2.75) is 50.6 Å². The molecule has 0 spiro atoms. The molecule has 0 aromatic carbocycles. The van der Waals surface area contributed by atoms with Crippen molar-refractivity contribution in [3.63, 3.8) is 0 Å². The molecule has 1 rings (SSSR count). The molecule has 0 aliphatic carbocycles. The zero-order valence-corrected chi connectivity index (χ0v) is 11.3. The van der Waals surface area contributed by atoms with Gasteiger partial charge in [0.2, 0.25) is 5.91 Å². The van der Waals surface area contributed by atoms with Crippen LogP contribution in [0.4, 0.5) is 0 Å². The van der Waals surface area contributed by atoms with Crippen LogP contribution in [0.3, 0.4) is 0 Å². The van der Waals surface area contributed by atoms with Crippen LogP contribution >= 0.6 is 0 Å². The van der Waals surface area contributed by atoms with E-state index in [4.69, 9.17) is 22.3 Å². The Labute approximate surface area is 113 Å². The number of primary amides is 1. The van der Waals surface area contributed by atoms with Gasteiger partial charge in [0.05, 0.1) is 6.04 Å². The monoisotopic (exact) mass is 274 g/mol. The third-order valence-electron chi connectivity index (χ3n) is 2.94. The first-order valence-electron chi connectivity index (χ1n) is 6.70. The molecule has 112 valence electrons. The molecule has 8 N–H and O–H groups in total. The number of carboxylic acid groups (broad SMARTS) is 1. The zero-order valence-electron chi connectivity index (χ0n) is 11.3. The Hall–Kier alpha value is -1.18.